The normalized spacial score (nSPS) is 11.3. The van der Waals surface area contributed by atoms with Gasteiger partial charge in [0.05, 0.1) is 11.5 Å². The molecule has 0 spiro atoms. The van der Waals surface area contributed by atoms with Gasteiger partial charge in [0.15, 0.2) is 0 Å². The van der Waals surface area contributed by atoms with Crippen molar-refractivity contribution < 1.29 is 13.5 Å². The number of hydrogen-bond acceptors (Lipinski definition) is 4. The van der Waals surface area contributed by atoms with Crippen LogP contribution in [-0.4, -0.2) is 18.5 Å². The number of halogens is 2. The standard InChI is InChI=1S/C12H10BrClN2O3S/c13-9-2-4-12(15-6-9)16-20(18,19)10-3-1-8(7-17)11(14)5-10/h1-6,17H,7H2,(H,15,16). The SMILES string of the molecule is O=S(=O)(Nc1ccc(Br)cn1)c1ccc(CO)c(Cl)c1. The van der Waals surface area contributed by atoms with E-state index in [0.717, 1.165) is 4.47 Å². The number of rotatable bonds is 4. The Labute approximate surface area is 129 Å². The monoisotopic (exact) mass is 376 g/mol. The fraction of sp³-hybridized carbons (Fsp3) is 0.0833. The average molecular weight is 378 g/mol. The largest absolute Gasteiger partial charge is 0.392 e. The predicted octanol–water partition coefficient (Wildman–Crippen LogP) is 2.79. The van der Waals surface area contributed by atoms with Gasteiger partial charge >= 0.3 is 0 Å². The van der Waals surface area contributed by atoms with Crippen LogP contribution in [-0.2, 0) is 16.6 Å². The minimum absolute atomic E-state index is 0.00409. The van der Waals surface area contributed by atoms with E-state index in [0.29, 0.717) is 5.56 Å². The fourth-order valence-electron chi connectivity index (χ4n) is 1.46. The molecule has 1 aromatic carbocycles. The van der Waals surface area contributed by atoms with E-state index in [-0.39, 0.29) is 22.3 Å². The number of aromatic nitrogens is 1. The molecule has 1 heterocycles. The van der Waals surface area contributed by atoms with Crippen LogP contribution in [0.1, 0.15) is 5.56 Å². The zero-order valence-electron chi connectivity index (χ0n) is 10.0. The molecule has 1 aromatic heterocycles. The third kappa shape index (κ3) is 3.49. The summed E-state index contributed by atoms with van der Waals surface area (Å²) in [5.41, 5.74) is 0.465. The molecule has 106 valence electrons. The zero-order chi connectivity index (χ0) is 14.8. The Kier molecular flexibility index (Phi) is 4.64. The maximum absolute atomic E-state index is 12.2. The Morgan fingerprint density at radius 1 is 1.30 bits per heavy atom. The summed E-state index contributed by atoms with van der Waals surface area (Å²) in [5.74, 6) is 0.204. The first-order chi connectivity index (χ1) is 9.42. The van der Waals surface area contributed by atoms with Gasteiger partial charge < -0.3 is 5.11 Å². The molecule has 0 aliphatic rings. The summed E-state index contributed by atoms with van der Waals surface area (Å²) >= 11 is 9.10. The van der Waals surface area contributed by atoms with Crippen LogP contribution in [0, 0.1) is 0 Å². The van der Waals surface area contributed by atoms with Gasteiger partial charge in [-0.1, -0.05) is 17.7 Å². The first kappa shape index (κ1) is 15.2. The van der Waals surface area contributed by atoms with Crippen molar-refractivity contribution in [1.29, 1.82) is 0 Å². The fourth-order valence-corrected chi connectivity index (χ4v) is 3.03. The number of sulfonamides is 1. The Morgan fingerprint density at radius 3 is 2.60 bits per heavy atom. The number of nitrogens with zero attached hydrogens (tertiary/aromatic N) is 1. The molecule has 0 amide bonds. The van der Waals surface area contributed by atoms with Crippen molar-refractivity contribution in [2.75, 3.05) is 4.72 Å². The van der Waals surface area contributed by atoms with Crippen molar-refractivity contribution in [2.45, 2.75) is 11.5 Å². The molecule has 0 bridgehead atoms. The summed E-state index contributed by atoms with van der Waals surface area (Å²) in [6.07, 6.45) is 1.49. The molecular weight excluding hydrogens is 368 g/mol. The smallest absolute Gasteiger partial charge is 0.263 e. The molecule has 0 saturated heterocycles. The van der Waals surface area contributed by atoms with Crippen LogP contribution in [0.15, 0.2) is 45.9 Å². The van der Waals surface area contributed by atoms with Crippen molar-refractivity contribution in [3.63, 3.8) is 0 Å². The molecule has 0 fully saturated rings. The topological polar surface area (TPSA) is 79.3 Å². The highest BCUT2D eigenvalue weighted by atomic mass is 79.9. The quantitative estimate of drug-likeness (QED) is 0.858. The molecule has 2 rings (SSSR count). The number of aliphatic hydroxyl groups excluding tert-OH is 1. The van der Waals surface area contributed by atoms with E-state index in [9.17, 15) is 8.42 Å². The molecule has 0 aliphatic carbocycles. The Balaban J connectivity index is 2.30. The summed E-state index contributed by atoms with van der Waals surface area (Å²) < 4.78 is 27.4. The minimum atomic E-state index is -3.77. The van der Waals surface area contributed by atoms with Gasteiger partial charge in [-0.3, -0.25) is 4.72 Å². The minimum Gasteiger partial charge on any atom is -0.392 e. The van der Waals surface area contributed by atoms with Crippen molar-refractivity contribution in [3.05, 3.63) is 51.6 Å². The molecular formula is C12H10BrClN2O3S. The predicted molar refractivity (Wildman–Crippen MR) is 80.1 cm³/mol. The third-order valence-electron chi connectivity index (χ3n) is 2.47. The highest BCUT2D eigenvalue weighted by molar-refractivity contribution is 9.10. The lowest BCUT2D eigenvalue weighted by molar-refractivity contribution is 0.282. The molecule has 0 saturated carbocycles. The van der Waals surface area contributed by atoms with Crippen LogP contribution >= 0.6 is 27.5 Å². The third-order valence-corrected chi connectivity index (χ3v) is 4.64. The highest BCUT2D eigenvalue weighted by Gasteiger charge is 2.16. The number of aliphatic hydroxyl groups is 1. The number of pyridine rings is 1. The molecule has 5 nitrogen and oxygen atoms in total. The van der Waals surface area contributed by atoms with Crippen LogP contribution in [0.3, 0.4) is 0 Å². The van der Waals surface area contributed by atoms with E-state index in [2.05, 4.69) is 25.6 Å². The Hall–Kier alpha value is -1.15. The Morgan fingerprint density at radius 2 is 2.05 bits per heavy atom. The summed E-state index contributed by atoms with van der Waals surface area (Å²) in [6.45, 7) is -0.249. The molecule has 8 heteroatoms. The average Bonchev–Trinajstić information content (AvgIpc) is 2.41. The van der Waals surface area contributed by atoms with Crippen LogP contribution in [0.5, 0.6) is 0 Å². The first-order valence-electron chi connectivity index (χ1n) is 5.46. The summed E-state index contributed by atoms with van der Waals surface area (Å²) in [7, 11) is -3.77. The second kappa shape index (κ2) is 6.09. The number of hydrogen-bond donors (Lipinski definition) is 2. The maximum atomic E-state index is 12.2. The maximum Gasteiger partial charge on any atom is 0.263 e. The number of anilines is 1. The van der Waals surface area contributed by atoms with E-state index in [1.165, 1.54) is 30.5 Å². The van der Waals surface area contributed by atoms with Crippen molar-refractivity contribution in [2.24, 2.45) is 0 Å². The van der Waals surface area contributed by atoms with E-state index in [1.807, 2.05) is 0 Å². The lowest BCUT2D eigenvalue weighted by atomic mass is 10.2. The van der Waals surface area contributed by atoms with Gasteiger partial charge in [-0.2, -0.15) is 0 Å². The molecule has 2 N–H and O–H groups in total. The molecule has 0 radical (unpaired) electrons. The van der Waals surface area contributed by atoms with Gasteiger partial charge in [-0.25, -0.2) is 13.4 Å². The van der Waals surface area contributed by atoms with Gasteiger partial charge in [0.1, 0.15) is 5.82 Å². The van der Waals surface area contributed by atoms with E-state index in [1.54, 1.807) is 6.07 Å². The van der Waals surface area contributed by atoms with Crippen molar-refractivity contribution >= 4 is 43.4 Å². The number of benzene rings is 1. The van der Waals surface area contributed by atoms with Crippen LogP contribution in [0.25, 0.3) is 0 Å². The van der Waals surface area contributed by atoms with Gasteiger partial charge in [0.2, 0.25) is 0 Å². The van der Waals surface area contributed by atoms with Crippen LogP contribution < -0.4 is 4.72 Å². The lowest BCUT2D eigenvalue weighted by Gasteiger charge is -2.09. The second-order valence-electron chi connectivity index (χ2n) is 3.88. The second-order valence-corrected chi connectivity index (χ2v) is 6.88. The lowest BCUT2D eigenvalue weighted by Crippen LogP contribution is -2.14. The van der Waals surface area contributed by atoms with E-state index < -0.39 is 10.0 Å². The molecule has 20 heavy (non-hydrogen) atoms. The van der Waals surface area contributed by atoms with Crippen molar-refractivity contribution in [3.8, 4) is 0 Å². The van der Waals surface area contributed by atoms with Gasteiger partial charge in [0, 0.05) is 15.7 Å². The Bertz CT molecular complexity index is 720. The highest BCUT2D eigenvalue weighted by Crippen LogP contribution is 2.22. The van der Waals surface area contributed by atoms with Crippen LogP contribution in [0.4, 0.5) is 5.82 Å². The zero-order valence-corrected chi connectivity index (χ0v) is 13.2. The summed E-state index contributed by atoms with van der Waals surface area (Å²) in [5, 5.41) is 9.20. The van der Waals surface area contributed by atoms with Gasteiger partial charge in [-0.15, -0.1) is 0 Å². The van der Waals surface area contributed by atoms with E-state index >= 15 is 0 Å². The first-order valence-corrected chi connectivity index (χ1v) is 8.11. The molecule has 0 aliphatic heterocycles. The van der Waals surface area contributed by atoms with Gasteiger partial charge in [-0.05, 0) is 45.8 Å². The molecule has 0 atom stereocenters. The van der Waals surface area contributed by atoms with Crippen LogP contribution in [0.2, 0.25) is 5.02 Å². The molecule has 0 unspecified atom stereocenters. The number of nitrogens with one attached hydrogen (secondary N) is 1. The van der Waals surface area contributed by atoms with Crippen molar-refractivity contribution in [1.82, 2.24) is 4.98 Å². The summed E-state index contributed by atoms with van der Waals surface area (Å²) in [6, 6.07) is 7.33. The molecule has 2 aromatic rings. The summed E-state index contributed by atoms with van der Waals surface area (Å²) in [4.78, 5) is 3.94. The van der Waals surface area contributed by atoms with E-state index in [4.69, 9.17) is 16.7 Å². The van der Waals surface area contributed by atoms with Gasteiger partial charge in [0.25, 0.3) is 10.0 Å².